The highest BCUT2D eigenvalue weighted by Crippen LogP contribution is 2.63. The van der Waals surface area contributed by atoms with Crippen LogP contribution in [0.3, 0.4) is 0 Å². The molecule has 2 aliphatic carbocycles. The molecule has 1 heterocycles. The van der Waals surface area contributed by atoms with Crippen LogP contribution in [-0.4, -0.2) is 35.2 Å². The zero-order valence-corrected chi connectivity index (χ0v) is 10.8. The van der Waals surface area contributed by atoms with Crippen molar-refractivity contribution >= 4 is 6.09 Å². The number of ether oxygens (including phenoxy) is 1. The smallest absolute Gasteiger partial charge is 0.410 e. The van der Waals surface area contributed by atoms with Gasteiger partial charge in [-0.2, -0.15) is 0 Å². The van der Waals surface area contributed by atoms with Crippen LogP contribution >= 0.6 is 0 Å². The van der Waals surface area contributed by atoms with Crippen LogP contribution < -0.4 is 5.73 Å². The van der Waals surface area contributed by atoms with E-state index in [1.807, 2.05) is 25.7 Å². The maximum Gasteiger partial charge on any atom is 0.410 e. The molecule has 0 aromatic rings. The summed E-state index contributed by atoms with van der Waals surface area (Å²) in [5.41, 5.74) is 5.43. The lowest BCUT2D eigenvalue weighted by molar-refractivity contribution is 0.00721. The third-order valence-corrected chi connectivity index (χ3v) is 4.50. The molecule has 0 aromatic carbocycles. The average Bonchev–Trinajstić information content (AvgIpc) is 2.82. The van der Waals surface area contributed by atoms with E-state index in [-0.39, 0.29) is 12.1 Å². The van der Waals surface area contributed by atoms with Crippen LogP contribution in [0.1, 0.15) is 33.6 Å². The number of piperidine rings is 1. The highest BCUT2D eigenvalue weighted by Gasteiger charge is 2.65. The Morgan fingerprint density at radius 1 is 1.29 bits per heavy atom. The number of rotatable bonds is 1. The third-order valence-electron chi connectivity index (χ3n) is 4.50. The lowest BCUT2D eigenvalue weighted by Crippen LogP contribution is -2.51. The lowest BCUT2D eigenvalue weighted by atomic mass is 9.97. The molecule has 5 atom stereocenters. The largest absolute Gasteiger partial charge is 0.444 e. The van der Waals surface area contributed by atoms with E-state index in [2.05, 4.69) is 0 Å². The lowest BCUT2D eigenvalue weighted by Gasteiger charge is -2.35. The predicted octanol–water partition coefficient (Wildman–Crippen LogP) is 1.59. The molecule has 2 saturated carbocycles. The van der Waals surface area contributed by atoms with E-state index in [0.717, 1.165) is 18.3 Å². The molecule has 4 heteroatoms. The second-order valence-corrected chi connectivity index (χ2v) is 6.72. The molecule has 1 saturated heterocycles. The van der Waals surface area contributed by atoms with Crippen molar-refractivity contribution in [3.63, 3.8) is 0 Å². The fourth-order valence-corrected chi connectivity index (χ4v) is 3.89. The predicted molar refractivity (Wildman–Crippen MR) is 64.4 cm³/mol. The highest BCUT2D eigenvalue weighted by atomic mass is 16.6. The summed E-state index contributed by atoms with van der Waals surface area (Å²) in [6.07, 6.45) is 2.28. The number of fused-ring (bicyclic) bond motifs is 5. The van der Waals surface area contributed by atoms with Crippen molar-refractivity contribution < 1.29 is 9.53 Å². The zero-order valence-electron chi connectivity index (χ0n) is 10.8. The summed E-state index contributed by atoms with van der Waals surface area (Å²) in [5.74, 6) is 2.24. The van der Waals surface area contributed by atoms with Gasteiger partial charge < -0.3 is 15.4 Å². The molecule has 3 fully saturated rings. The van der Waals surface area contributed by atoms with Gasteiger partial charge in [0.2, 0.25) is 0 Å². The van der Waals surface area contributed by atoms with E-state index < -0.39 is 5.60 Å². The van der Waals surface area contributed by atoms with Gasteiger partial charge >= 0.3 is 6.09 Å². The second kappa shape index (κ2) is 3.37. The van der Waals surface area contributed by atoms with Gasteiger partial charge in [0.25, 0.3) is 0 Å². The van der Waals surface area contributed by atoms with Gasteiger partial charge in [-0.1, -0.05) is 0 Å². The van der Waals surface area contributed by atoms with Crippen LogP contribution in [-0.2, 0) is 4.74 Å². The van der Waals surface area contributed by atoms with Gasteiger partial charge in [0, 0.05) is 12.6 Å². The Balaban J connectivity index is 1.76. The first-order valence-electron chi connectivity index (χ1n) is 6.64. The molecule has 96 valence electrons. The molecule has 4 nitrogen and oxygen atoms in total. The number of nitrogens with two attached hydrogens (primary N) is 1. The van der Waals surface area contributed by atoms with Crippen LogP contribution in [0, 0.1) is 17.8 Å². The fraction of sp³-hybridized carbons (Fsp3) is 0.923. The van der Waals surface area contributed by atoms with E-state index in [1.54, 1.807) is 0 Å². The summed E-state index contributed by atoms with van der Waals surface area (Å²) in [6, 6.07) is 0.631. The topological polar surface area (TPSA) is 55.6 Å². The fourth-order valence-electron chi connectivity index (χ4n) is 3.89. The minimum atomic E-state index is -0.416. The van der Waals surface area contributed by atoms with Crippen LogP contribution in [0.4, 0.5) is 4.79 Å². The first kappa shape index (κ1) is 11.3. The Bertz CT molecular complexity index is 350. The molecule has 1 aliphatic heterocycles. The van der Waals surface area contributed by atoms with Crippen molar-refractivity contribution in [1.29, 1.82) is 0 Å². The molecule has 1 amide bonds. The number of carbonyl (C=O) groups excluding carboxylic acids is 1. The van der Waals surface area contributed by atoms with Crippen LogP contribution in [0.25, 0.3) is 0 Å². The molecular formula is C13H22N2O2. The Morgan fingerprint density at radius 3 is 2.59 bits per heavy atom. The summed E-state index contributed by atoms with van der Waals surface area (Å²) in [4.78, 5) is 14.2. The number of nitrogens with zero attached hydrogens (tertiary/aromatic N) is 1. The van der Waals surface area contributed by atoms with Crippen molar-refractivity contribution in [1.82, 2.24) is 4.90 Å². The first-order valence-corrected chi connectivity index (χ1v) is 6.64. The summed E-state index contributed by atoms with van der Waals surface area (Å²) in [7, 11) is 0. The molecule has 0 spiro atoms. The van der Waals surface area contributed by atoms with Gasteiger partial charge in [-0.25, -0.2) is 4.79 Å². The quantitative estimate of drug-likeness (QED) is 0.754. The van der Waals surface area contributed by atoms with Crippen LogP contribution in [0.2, 0.25) is 0 Å². The minimum absolute atomic E-state index is 0.161. The maximum atomic E-state index is 12.2. The normalized spacial score (nSPS) is 42.6. The average molecular weight is 238 g/mol. The molecule has 2 bridgehead atoms. The van der Waals surface area contributed by atoms with Gasteiger partial charge in [-0.15, -0.1) is 0 Å². The molecule has 3 unspecified atom stereocenters. The maximum absolute atomic E-state index is 12.2. The van der Waals surface area contributed by atoms with Crippen LogP contribution in [0.15, 0.2) is 0 Å². The van der Waals surface area contributed by atoms with Gasteiger partial charge in [0.05, 0.1) is 6.04 Å². The Kier molecular flexibility index (Phi) is 2.25. The van der Waals surface area contributed by atoms with E-state index >= 15 is 0 Å². The van der Waals surface area contributed by atoms with Gasteiger partial charge in [-0.3, -0.25) is 0 Å². The van der Waals surface area contributed by atoms with Crippen molar-refractivity contribution in [3.05, 3.63) is 0 Å². The summed E-state index contributed by atoms with van der Waals surface area (Å²) in [5, 5.41) is 0. The van der Waals surface area contributed by atoms with E-state index in [9.17, 15) is 4.79 Å². The standard InChI is InChI=1S/C13H22N2O2/c1-13(2,3)17-12(16)15-10-5-9(11(15)6-14)7-4-8(7)10/h7-11H,4-6,14H2,1-3H3/t7?,8?,9?,10-,11+/m1/s1. The summed E-state index contributed by atoms with van der Waals surface area (Å²) < 4.78 is 5.50. The van der Waals surface area contributed by atoms with E-state index in [4.69, 9.17) is 10.5 Å². The summed E-state index contributed by atoms with van der Waals surface area (Å²) in [6.45, 7) is 6.31. The molecular weight excluding hydrogens is 216 g/mol. The molecule has 0 aromatic heterocycles. The van der Waals surface area contributed by atoms with Crippen molar-refractivity contribution in [3.8, 4) is 0 Å². The zero-order chi connectivity index (χ0) is 12.4. The van der Waals surface area contributed by atoms with Gasteiger partial charge in [-0.05, 0) is 51.4 Å². The van der Waals surface area contributed by atoms with E-state index in [1.165, 1.54) is 6.42 Å². The molecule has 0 radical (unpaired) electrons. The Hall–Kier alpha value is -0.770. The molecule has 3 aliphatic rings. The minimum Gasteiger partial charge on any atom is -0.444 e. The molecule has 3 rings (SSSR count). The number of carbonyl (C=O) groups is 1. The molecule has 17 heavy (non-hydrogen) atoms. The van der Waals surface area contributed by atoms with Crippen molar-refractivity contribution in [2.75, 3.05) is 6.54 Å². The highest BCUT2D eigenvalue weighted by molar-refractivity contribution is 5.70. The van der Waals surface area contributed by atoms with Crippen LogP contribution in [0.5, 0.6) is 0 Å². The number of likely N-dealkylation sites (tertiary alicyclic amines) is 1. The van der Waals surface area contributed by atoms with Gasteiger partial charge in [0.1, 0.15) is 5.60 Å². The molecule has 2 N–H and O–H groups in total. The second-order valence-electron chi connectivity index (χ2n) is 6.72. The number of amides is 1. The van der Waals surface area contributed by atoms with Crippen molar-refractivity contribution in [2.24, 2.45) is 23.5 Å². The third kappa shape index (κ3) is 1.65. The monoisotopic (exact) mass is 238 g/mol. The number of hydrogen-bond acceptors (Lipinski definition) is 3. The number of hydrogen-bond donors (Lipinski definition) is 1. The Morgan fingerprint density at radius 2 is 2.00 bits per heavy atom. The van der Waals surface area contributed by atoms with E-state index in [0.29, 0.717) is 18.5 Å². The van der Waals surface area contributed by atoms with Gasteiger partial charge in [0.15, 0.2) is 0 Å². The van der Waals surface area contributed by atoms with Crippen molar-refractivity contribution in [2.45, 2.75) is 51.3 Å². The first-order chi connectivity index (χ1) is 7.92. The Labute approximate surface area is 102 Å². The SMILES string of the molecule is CC(C)(C)OC(=O)N1[C@@H]2CC(C3CC32)[C@@H]1CN. The summed E-state index contributed by atoms with van der Waals surface area (Å²) >= 11 is 0.